The summed E-state index contributed by atoms with van der Waals surface area (Å²) in [5.41, 5.74) is 0.273. The van der Waals surface area contributed by atoms with E-state index in [0.29, 0.717) is 13.0 Å². The molecule has 3 aromatic rings. The van der Waals surface area contributed by atoms with Crippen molar-refractivity contribution in [1.82, 2.24) is 14.5 Å². The zero-order chi connectivity index (χ0) is 22.0. The van der Waals surface area contributed by atoms with Crippen LogP contribution in [0.3, 0.4) is 0 Å². The number of amides is 1. The van der Waals surface area contributed by atoms with Crippen LogP contribution in [0.4, 0.5) is 4.39 Å². The van der Waals surface area contributed by atoms with E-state index in [2.05, 4.69) is 4.98 Å². The maximum atomic E-state index is 14.0. The molecule has 1 aromatic heterocycles. The van der Waals surface area contributed by atoms with E-state index in [4.69, 9.17) is 0 Å². The number of aromatic nitrogens is 2. The average Bonchev–Trinajstić information content (AvgIpc) is 3.37. The summed E-state index contributed by atoms with van der Waals surface area (Å²) in [6, 6.07) is 11.8. The number of hydrogen-bond donors (Lipinski definition) is 1. The van der Waals surface area contributed by atoms with E-state index in [9.17, 15) is 22.7 Å². The van der Waals surface area contributed by atoms with E-state index in [0.717, 1.165) is 0 Å². The second-order valence-corrected chi connectivity index (χ2v) is 9.06. The van der Waals surface area contributed by atoms with Crippen molar-refractivity contribution in [2.24, 2.45) is 0 Å². The van der Waals surface area contributed by atoms with Crippen molar-refractivity contribution in [3.05, 3.63) is 95.4 Å². The lowest BCUT2D eigenvalue weighted by atomic mass is 10.1. The first-order valence-electron chi connectivity index (χ1n) is 9.65. The van der Waals surface area contributed by atoms with Gasteiger partial charge in [-0.1, -0.05) is 30.3 Å². The molecule has 9 heteroatoms. The quantitative estimate of drug-likeness (QED) is 0.608. The van der Waals surface area contributed by atoms with Crippen molar-refractivity contribution in [1.29, 1.82) is 0 Å². The molecule has 7 nitrogen and oxygen atoms in total. The van der Waals surface area contributed by atoms with Gasteiger partial charge in [0.15, 0.2) is 5.76 Å². The number of aliphatic hydroxyl groups is 1. The van der Waals surface area contributed by atoms with Crippen molar-refractivity contribution in [3.63, 3.8) is 0 Å². The number of carbonyl (C=O) groups is 1. The van der Waals surface area contributed by atoms with Gasteiger partial charge in [0.1, 0.15) is 10.7 Å². The van der Waals surface area contributed by atoms with Crippen LogP contribution in [0, 0.1) is 5.82 Å². The number of carbonyl (C=O) groups excluding carboxylic acids is 1. The summed E-state index contributed by atoms with van der Waals surface area (Å²) in [7, 11) is -4.20. The molecule has 1 aliphatic rings. The summed E-state index contributed by atoms with van der Waals surface area (Å²) < 4.78 is 42.5. The summed E-state index contributed by atoms with van der Waals surface area (Å²) in [4.78, 5) is 17.6. The Morgan fingerprint density at radius 1 is 1.06 bits per heavy atom. The Morgan fingerprint density at radius 3 is 2.52 bits per heavy atom. The first kappa shape index (κ1) is 20.8. The third-order valence-corrected chi connectivity index (χ3v) is 7.03. The fourth-order valence-corrected chi connectivity index (χ4v) is 5.38. The molecule has 160 valence electrons. The van der Waals surface area contributed by atoms with Crippen molar-refractivity contribution in [2.45, 2.75) is 23.9 Å². The lowest BCUT2D eigenvalue weighted by Crippen LogP contribution is -2.32. The Morgan fingerprint density at radius 2 is 1.84 bits per heavy atom. The van der Waals surface area contributed by atoms with E-state index in [1.165, 1.54) is 35.2 Å². The molecule has 1 aliphatic heterocycles. The minimum absolute atomic E-state index is 0.0500. The number of nitrogens with zero attached hydrogens (tertiary/aromatic N) is 3. The minimum Gasteiger partial charge on any atom is -0.502 e. The molecular formula is C22H20FN3O4S. The van der Waals surface area contributed by atoms with E-state index < -0.39 is 38.3 Å². The van der Waals surface area contributed by atoms with Crippen LogP contribution in [-0.2, 0) is 21.2 Å². The molecule has 1 atom stereocenters. The molecule has 0 aliphatic carbocycles. The van der Waals surface area contributed by atoms with Gasteiger partial charge in [0.2, 0.25) is 9.84 Å². The minimum atomic E-state index is -4.20. The normalized spacial score (nSPS) is 16.9. The summed E-state index contributed by atoms with van der Waals surface area (Å²) in [6.07, 6.45) is 5.53. The predicted molar refractivity (Wildman–Crippen MR) is 111 cm³/mol. The van der Waals surface area contributed by atoms with Crippen LogP contribution in [0.25, 0.3) is 0 Å². The Bertz CT molecular complexity index is 1220. The molecular weight excluding hydrogens is 421 g/mol. The van der Waals surface area contributed by atoms with Crippen LogP contribution in [0.15, 0.2) is 88.9 Å². The first-order valence-corrected chi connectivity index (χ1v) is 11.1. The summed E-state index contributed by atoms with van der Waals surface area (Å²) in [6.45, 7) is 0.706. The smallest absolute Gasteiger partial charge is 0.290 e. The van der Waals surface area contributed by atoms with Gasteiger partial charge in [-0.2, -0.15) is 0 Å². The van der Waals surface area contributed by atoms with Gasteiger partial charge in [-0.15, -0.1) is 0 Å². The Balaban J connectivity index is 1.74. The number of imidazole rings is 1. The zero-order valence-electron chi connectivity index (χ0n) is 16.4. The number of sulfone groups is 1. The fraction of sp³-hybridized carbons (Fsp3) is 0.182. The summed E-state index contributed by atoms with van der Waals surface area (Å²) in [5.74, 6) is -2.19. The van der Waals surface area contributed by atoms with Crippen LogP contribution in [0.5, 0.6) is 0 Å². The highest BCUT2D eigenvalue weighted by Gasteiger charge is 2.46. The number of aryl methyl sites for hydroxylation is 1. The largest absolute Gasteiger partial charge is 0.502 e. The molecule has 0 bridgehead atoms. The van der Waals surface area contributed by atoms with Crippen molar-refractivity contribution in [2.75, 3.05) is 6.54 Å². The molecule has 0 unspecified atom stereocenters. The van der Waals surface area contributed by atoms with Gasteiger partial charge in [0.05, 0.1) is 17.3 Å². The third kappa shape index (κ3) is 3.96. The highest BCUT2D eigenvalue weighted by atomic mass is 32.2. The van der Waals surface area contributed by atoms with Crippen LogP contribution in [0.1, 0.15) is 18.0 Å². The Labute approximate surface area is 179 Å². The average molecular weight is 441 g/mol. The molecule has 2 aromatic carbocycles. The van der Waals surface area contributed by atoms with Crippen LogP contribution >= 0.6 is 0 Å². The monoisotopic (exact) mass is 441 g/mol. The van der Waals surface area contributed by atoms with Gasteiger partial charge >= 0.3 is 0 Å². The SMILES string of the molecule is O=C1C(O)=C(S(=O)(=O)c2ccccc2)[C@@H](c2cccc(F)c2)N1CCCn1ccnc1. The number of benzene rings is 2. The first-order chi connectivity index (χ1) is 14.9. The third-order valence-electron chi connectivity index (χ3n) is 5.14. The zero-order valence-corrected chi connectivity index (χ0v) is 17.2. The summed E-state index contributed by atoms with van der Waals surface area (Å²) >= 11 is 0. The summed E-state index contributed by atoms with van der Waals surface area (Å²) in [5, 5.41) is 10.6. The molecule has 0 spiro atoms. The van der Waals surface area contributed by atoms with Gasteiger partial charge in [-0.3, -0.25) is 4.79 Å². The van der Waals surface area contributed by atoms with Crippen molar-refractivity contribution in [3.8, 4) is 0 Å². The Kier molecular flexibility index (Phi) is 5.60. The van der Waals surface area contributed by atoms with E-state index in [-0.39, 0.29) is 17.0 Å². The molecule has 31 heavy (non-hydrogen) atoms. The predicted octanol–water partition coefficient (Wildman–Crippen LogP) is 3.24. The lowest BCUT2D eigenvalue weighted by Gasteiger charge is -2.27. The Hall–Kier alpha value is -3.46. The molecule has 0 saturated carbocycles. The molecule has 2 heterocycles. The number of hydrogen-bond acceptors (Lipinski definition) is 5. The fourth-order valence-electron chi connectivity index (χ4n) is 3.71. The van der Waals surface area contributed by atoms with E-state index in [1.807, 2.05) is 4.57 Å². The van der Waals surface area contributed by atoms with Crippen molar-refractivity contribution < 1.29 is 22.7 Å². The number of rotatable bonds is 7. The second kappa shape index (κ2) is 8.35. The molecule has 0 fully saturated rings. The maximum Gasteiger partial charge on any atom is 0.290 e. The van der Waals surface area contributed by atoms with Crippen molar-refractivity contribution >= 4 is 15.7 Å². The highest BCUT2D eigenvalue weighted by molar-refractivity contribution is 7.95. The molecule has 1 amide bonds. The van der Waals surface area contributed by atoms with Crippen LogP contribution < -0.4 is 0 Å². The lowest BCUT2D eigenvalue weighted by molar-refractivity contribution is -0.129. The van der Waals surface area contributed by atoms with Gasteiger partial charge in [-0.05, 0) is 36.2 Å². The van der Waals surface area contributed by atoms with Gasteiger partial charge in [0, 0.05) is 25.5 Å². The van der Waals surface area contributed by atoms with Crippen LogP contribution in [-0.4, -0.2) is 40.4 Å². The van der Waals surface area contributed by atoms with Gasteiger partial charge < -0.3 is 14.6 Å². The van der Waals surface area contributed by atoms with Gasteiger partial charge in [-0.25, -0.2) is 17.8 Å². The topological polar surface area (TPSA) is 92.5 Å². The number of halogens is 1. The highest BCUT2D eigenvalue weighted by Crippen LogP contribution is 2.42. The molecule has 1 N–H and O–H groups in total. The number of aliphatic hydroxyl groups excluding tert-OH is 1. The van der Waals surface area contributed by atoms with E-state index in [1.54, 1.807) is 43.0 Å². The van der Waals surface area contributed by atoms with Crippen LogP contribution in [0.2, 0.25) is 0 Å². The standard InChI is InChI=1S/C22H20FN3O4S/c23-17-7-4-6-16(14-17)19-21(31(29,30)18-8-2-1-3-9-18)20(27)22(28)26(19)12-5-11-25-13-10-24-15-25/h1-4,6-10,13-15,19,27H,5,11-12H2/t19-/m1/s1. The maximum absolute atomic E-state index is 14.0. The molecule has 0 saturated heterocycles. The van der Waals surface area contributed by atoms with E-state index >= 15 is 0 Å². The second-order valence-electron chi connectivity index (χ2n) is 7.14. The van der Waals surface area contributed by atoms with Gasteiger partial charge in [0.25, 0.3) is 5.91 Å². The molecule has 0 radical (unpaired) electrons. The molecule has 4 rings (SSSR count).